The molecule has 15 heavy (non-hydrogen) atoms. The summed E-state index contributed by atoms with van der Waals surface area (Å²) in [4.78, 5) is 16.0. The van der Waals surface area contributed by atoms with Gasteiger partial charge in [-0.2, -0.15) is 0 Å². The molecule has 1 aromatic heterocycles. The molecule has 0 saturated heterocycles. The SMILES string of the molecule is [N-]=[N+]=NCC#Cc1ccc([N+](=O)[O-])cn1. The van der Waals surface area contributed by atoms with Gasteiger partial charge in [-0.3, -0.25) is 10.1 Å². The fraction of sp³-hybridized carbons (Fsp3) is 0.125. The molecule has 0 aliphatic rings. The molecule has 1 heterocycles. The van der Waals surface area contributed by atoms with Gasteiger partial charge in [0.05, 0.1) is 11.5 Å². The first-order valence-corrected chi connectivity index (χ1v) is 3.84. The summed E-state index contributed by atoms with van der Waals surface area (Å²) in [6, 6.07) is 2.74. The molecular weight excluding hydrogens is 198 g/mol. The van der Waals surface area contributed by atoms with Crippen LogP contribution in [0.15, 0.2) is 23.4 Å². The Morgan fingerprint density at radius 2 is 2.47 bits per heavy atom. The van der Waals surface area contributed by atoms with Crippen LogP contribution < -0.4 is 0 Å². The zero-order chi connectivity index (χ0) is 11.1. The highest BCUT2D eigenvalue weighted by molar-refractivity contribution is 5.34. The lowest BCUT2D eigenvalue weighted by atomic mass is 10.3. The predicted octanol–water partition coefficient (Wildman–Crippen LogP) is 1.65. The van der Waals surface area contributed by atoms with Gasteiger partial charge in [-0.1, -0.05) is 11.0 Å². The lowest BCUT2D eigenvalue weighted by molar-refractivity contribution is -0.385. The van der Waals surface area contributed by atoms with E-state index in [0.29, 0.717) is 5.69 Å². The summed E-state index contributed by atoms with van der Waals surface area (Å²) < 4.78 is 0. The van der Waals surface area contributed by atoms with Crippen LogP contribution in [0.2, 0.25) is 0 Å². The summed E-state index contributed by atoms with van der Waals surface area (Å²) >= 11 is 0. The summed E-state index contributed by atoms with van der Waals surface area (Å²) in [7, 11) is 0. The maximum absolute atomic E-state index is 10.3. The van der Waals surface area contributed by atoms with E-state index in [9.17, 15) is 10.1 Å². The lowest BCUT2D eigenvalue weighted by Crippen LogP contribution is -1.89. The molecule has 0 atom stereocenters. The number of nitro groups is 1. The van der Waals surface area contributed by atoms with Crippen LogP contribution in [-0.4, -0.2) is 16.5 Å². The van der Waals surface area contributed by atoms with Gasteiger partial charge in [0.25, 0.3) is 5.69 Å². The smallest absolute Gasteiger partial charge is 0.258 e. The van der Waals surface area contributed by atoms with Crippen molar-refractivity contribution >= 4 is 5.69 Å². The molecule has 0 aliphatic carbocycles. The zero-order valence-corrected chi connectivity index (χ0v) is 7.49. The van der Waals surface area contributed by atoms with E-state index < -0.39 is 4.92 Å². The second-order valence-corrected chi connectivity index (χ2v) is 2.35. The van der Waals surface area contributed by atoms with Gasteiger partial charge >= 0.3 is 0 Å². The third-order valence-corrected chi connectivity index (χ3v) is 1.39. The first-order valence-electron chi connectivity index (χ1n) is 3.84. The summed E-state index contributed by atoms with van der Waals surface area (Å²) in [6.45, 7) is 0.0508. The van der Waals surface area contributed by atoms with Crippen molar-refractivity contribution in [2.24, 2.45) is 5.11 Å². The number of hydrogen-bond donors (Lipinski definition) is 0. The third kappa shape index (κ3) is 3.34. The zero-order valence-electron chi connectivity index (χ0n) is 7.49. The number of pyridine rings is 1. The molecule has 0 amide bonds. The normalized spacial score (nSPS) is 8.27. The number of nitrogens with zero attached hydrogens (tertiary/aromatic N) is 5. The highest BCUT2D eigenvalue weighted by Gasteiger charge is 2.03. The second-order valence-electron chi connectivity index (χ2n) is 2.35. The van der Waals surface area contributed by atoms with Crippen molar-refractivity contribution in [2.75, 3.05) is 6.54 Å². The lowest BCUT2D eigenvalue weighted by Gasteiger charge is -1.89. The topological polar surface area (TPSA) is 105 Å². The van der Waals surface area contributed by atoms with Gasteiger partial charge < -0.3 is 0 Å². The molecule has 0 fully saturated rings. The van der Waals surface area contributed by atoms with Crippen LogP contribution in [0.4, 0.5) is 5.69 Å². The van der Waals surface area contributed by atoms with Gasteiger partial charge in [0, 0.05) is 11.0 Å². The van der Waals surface area contributed by atoms with E-state index in [-0.39, 0.29) is 12.2 Å². The van der Waals surface area contributed by atoms with Crippen molar-refractivity contribution in [3.63, 3.8) is 0 Å². The number of rotatable bonds is 2. The Morgan fingerprint density at radius 1 is 1.67 bits per heavy atom. The molecule has 1 aromatic rings. The van der Waals surface area contributed by atoms with E-state index in [1.807, 2.05) is 0 Å². The maximum Gasteiger partial charge on any atom is 0.287 e. The van der Waals surface area contributed by atoms with Crippen LogP contribution in [0.5, 0.6) is 0 Å². The van der Waals surface area contributed by atoms with E-state index in [1.165, 1.54) is 12.1 Å². The van der Waals surface area contributed by atoms with Gasteiger partial charge in [0.2, 0.25) is 0 Å². The van der Waals surface area contributed by atoms with Crippen LogP contribution in [0.25, 0.3) is 10.4 Å². The van der Waals surface area contributed by atoms with Crippen molar-refractivity contribution in [1.29, 1.82) is 0 Å². The van der Waals surface area contributed by atoms with Crippen molar-refractivity contribution in [1.82, 2.24) is 4.98 Å². The van der Waals surface area contributed by atoms with E-state index in [4.69, 9.17) is 5.53 Å². The number of hydrogen-bond acceptors (Lipinski definition) is 4. The molecule has 0 unspecified atom stereocenters. The molecular formula is C8H5N5O2. The Kier molecular flexibility index (Phi) is 3.65. The molecule has 0 spiro atoms. The summed E-state index contributed by atoms with van der Waals surface area (Å²) in [6.07, 6.45) is 1.12. The summed E-state index contributed by atoms with van der Waals surface area (Å²) in [5, 5.41) is 13.5. The molecule has 1 rings (SSSR count). The molecule has 0 aromatic carbocycles. The van der Waals surface area contributed by atoms with Crippen LogP contribution >= 0.6 is 0 Å². The fourth-order valence-corrected chi connectivity index (χ4v) is 0.765. The summed E-state index contributed by atoms with van der Waals surface area (Å²) in [5.41, 5.74) is 8.27. The van der Waals surface area contributed by atoms with E-state index in [1.54, 1.807) is 0 Å². The van der Waals surface area contributed by atoms with Gasteiger partial charge in [-0.15, -0.1) is 0 Å². The molecule has 74 valence electrons. The monoisotopic (exact) mass is 203 g/mol. The standard InChI is InChI=1S/C8H5N5O2/c9-12-11-5-1-2-7-3-4-8(6-10-7)13(14)15/h3-4,6H,5H2. The Labute approximate surface area is 84.5 Å². The van der Waals surface area contributed by atoms with Crippen molar-refractivity contribution < 1.29 is 4.92 Å². The van der Waals surface area contributed by atoms with Crippen LogP contribution in [-0.2, 0) is 0 Å². The van der Waals surface area contributed by atoms with Crippen LogP contribution in [0.1, 0.15) is 5.69 Å². The Bertz CT molecular complexity index is 464. The first-order chi connectivity index (χ1) is 7.24. The minimum atomic E-state index is -0.538. The summed E-state index contributed by atoms with van der Waals surface area (Å²) in [5.74, 6) is 5.15. The largest absolute Gasteiger partial charge is 0.287 e. The van der Waals surface area contributed by atoms with Crippen molar-refractivity contribution in [3.8, 4) is 11.8 Å². The maximum atomic E-state index is 10.3. The molecule has 0 bridgehead atoms. The Morgan fingerprint density at radius 3 is 3.00 bits per heavy atom. The molecule has 0 saturated carbocycles. The average molecular weight is 203 g/mol. The molecule has 0 N–H and O–H groups in total. The average Bonchev–Trinajstić information content (AvgIpc) is 2.25. The number of aromatic nitrogens is 1. The van der Waals surface area contributed by atoms with Gasteiger partial charge in [0.15, 0.2) is 0 Å². The molecule has 7 nitrogen and oxygen atoms in total. The van der Waals surface area contributed by atoms with E-state index >= 15 is 0 Å². The minimum Gasteiger partial charge on any atom is -0.258 e. The molecule has 0 radical (unpaired) electrons. The molecule has 0 aliphatic heterocycles. The predicted molar refractivity (Wildman–Crippen MR) is 51.8 cm³/mol. The van der Waals surface area contributed by atoms with Gasteiger partial charge in [0.1, 0.15) is 11.9 Å². The van der Waals surface area contributed by atoms with E-state index in [0.717, 1.165) is 6.20 Å². The van der Waals surface area contributed by atoms with Crippen molar-refractivity contribution in [2.45, 2.75) is 0 Å². The highest BCUT2D eigenvalue weighted by Crippen LogP contribution is 2.07. The number of azide groups is 1. The Balaban J connectivity index is 2.75. The van der Waals surface area contributed by atoms with Gasteiger partial charge in [-0.25, -0.2) is 4.98 Å². The van der Waals surface area contributed by atoms with Crippen LogP contribution in [0, 0.1) is 22.0 Å². The minimum absolute atomic E-state index is 0.0508. The first kappa shape index (κ1) is 10.5. The van der Waals surface area contributed by atoms with Crippen LogP contribution in [0.3, 0.4) is 0 Å². The highest BCUT2D eigenvalue weighted by atomic mass is 16.6. The quantitative estimate of drug-likeness (QED) is 0.182. The third-order valence-electron chi connectivity index (χ3n) is 1.39. The molecule has 7 heteroatoms. The van der Waals surface area contributed by atoms with Crippen molar-refractivity contribution in [3.05, 3.63) is 44.6 Å². The second kappa shape index (κ2) is 5.21. The van der Waals surface area contributed by atoms with Gasteiger partial charge in [-0.05, 0) is 17.5 Å². The van der Waals surface area contributed by atoms with E-state index in [2.05, 4.69) is 26.9 Å². The fourth-order valence-electron chi connectivity index (χ4n) is 0.765. The Hall–Kier alpha value is -2.58.